The molecule has 0 spiro atoms. The van der Waals surface area contributed by atoms with Crippen molar-refractivity contribution >= 4 is 22.4 Å². The molecule has 3 aliphatic heterocycles. The Balaban J connectivity index is 1.11. The second-order valence-corrected chi connectivity index (χ2v) is 9.95. The molecule has 0 amide bonds. The van der Waals surface area contributed by atoms with Crippen molar-refractivity contribution in [1.82, 2.24) is 25.2 Å². The van der Waals surface area contributed by atoms with Crippen LogP contribution in [0.4, 0.5) is 11.5 Å². The third-order valence-corrected chi connectivity index (χ3v) is 7.44. The topological polar surface area (TPSA) is 93.4 Å². The summed E-state index contributed by atoms with van der Waals surface area (Å²) in [7, 11) is 0. The molecule has 3 aliphatic rings. The Hall–Kier alpha value is -3.32. The van der Waals surface area contributed by atoms with Gasteiger partial charge in [0.1, 0.15) is 11.9 Å². The summed E-state index contributed by atoms with van der Waals surface area (Å²) in [5, 5.41) is 13.9. The van der Waals surface area contributed by atoms with Crippen molar-refractivity contribution in [1.29, 1.82) is 5.26 Å². The minimum absolute atomic E-state index is 0.122. The summed E-state index contributed by atoms with van der Waals surface area (Å²) in [5.74, 6) is 0.993. The van der Waals surface area contributed by atoms with E-state index in [-0.39, 0.29) is 12.2 Å². The molecule has 9 heteroatoms. The van der Waals surface area contributed by atoms with E-state index in [9.17, 15) is 5.26 Å². The van der Waals surface area contributed by atoms with E-state index in [1.807, 2.05) is 18.3 Å². The maximum Gasteiger partial charge on any atom is 0.147 e. The van der Waals surface area contributed by atoms with Crippen molar-refractivity contribution < 1.29 is 4.74 Å². The number of nitrogens with zero attached hydrogens (tertiary/aromatic N) is 7. The minimum atomic E-state index is 0.122. The highest BCUT2D eigenvalue weighted by atomic mass is 16.5. The smallest absolute Gasteiger partial charge is 0.147 e. The molecule has 0 unspecified atom stereocenters. The molecule has 2 fully saturated rings. The van der Waals surface area contributed by atoms with Crippen molar-refractivity contribution in [2.24, 2.45) is 0 Å². The number of nitrogens with one attached hydrogen (secondary N) is 1. The molecular weight excluding hydrogens is 452 g/mol. The Morgan fingerprint density at radius 3 is 2.83 bits per heavy atom. The first-order valence-electron chi connectivity index (χ1n) is 12.9. The number of hydrogen-bond acceptors (Lipinski definition) is 9. The standard InChI is InChI=1S/C27H32N8O/c1-19-16-35(25-5-4-20(13-28)27-22(25)3-2-7-30-27)18-21(36-19)17-33-9-11-34(12-10-33)26-15-31-23-6-8-29-14-24(23)32-26/h2-5,7,15,19,21,29H,6,8-12,14,16-18H2,1H3/t19-,21+/m1/s1. The third kappa shape index (κ3) is 4.60. The number of morpholine rings is 1. The zero-order chi connectivity index (χ0) is 24.5. The highest BCUT2D eigenvalue weighted by Gasteiger charge is 2.30. The monoisotopic (exact) mass is 484 g/mol. The SMILES string of the molecule is C[C@@H]1CN(c2ccc(C#N)c3ncccc23)C[C@H](CN2CCN(c3cnc4c(n3)CNCC4)CC2)O1. The van der Waals surface area contributed by atoms with Crippen LogP contribution in [0.1, 0.15) is 23.9 Å². The van der Waals surface area contributed by atoms with E-state index in [4.69, 9.17) is 9.72 Å². The minimum Gasteiger partial charge on any atom is -0.370 e. The number of pyridine rings is 1. The van der Waals surface area contributed by atoms with Crippen LogP contribution in [0.2, 0.25) is 0 Å². The third-order valence-electron chi connectivity index (χ3n) is 7.44. The van der Waals surface area contributed by atoms with E-state index < -0.39 is 0 Å². The summed E-state index contributed by atoms with van der Waals surface area (Å²) in [6.45, 7) is 10.3. The number of fused-ring (bicyclic) bond motifs is 2. The van der Waals surface area contributed by atoms with Crippen LogP contribution in [0.5, 0.6) is 0 Å². The van der Waals surface area contributed by atoms with Crippen LogP contribution in [-0.4, -0.2) is 84.4 Å². The van der Waals surface area contributed by atoms with Crippen LogP contribution in [0.15, 0.2) is 36.7 Å². The molecule has 9 nitrogen and oxygen atoms in total. The van der Waals surface area contributed by atoms with Crippen molar-refractivity contribution in [3.63, 3.8) is 0 Å². The average Bonchev–Trinajstić information content (AvgIpc) is 2.92. The summed E-state index contributed by atoms with van der Waals surface area (Å²) < 4.78 is 6.38. The second kappa shape index (κ2) is 9.97. The van der Waals surface area contributed by atoms with Gasteiger partial charge < -0.3 is 19.9 Å². The Morgan fingerprint density at radius 1 is 1.08 bits per heavy atom. The van der Waals surface area contributed by atoms with Gasteiger partial charge in [0.2, 0.25) is 0 Å². The van der Waals surface area contributed by atoms with Gasteiger partial charge in [0, 0.05) is 82.6 Å². The van der Waals surface area contributed by atoms with Crippen molar-refractivity contribution in [3.8, 4) is 6.07 Å². The van der Waals surface area contributed by atoms with Gasteiger partial charge in [0.25, 0.3) is 0 Å². The van der Waals surface area contributed by atoms with E-state index in [2.05, 4.69) is 55.1 Å². The molecule has 0 saturated carbocycles. The van der Waals surface area contributed by atoms with Gasteiger partial charge >= 0.3 is 0 Å². The van der Waals surface area contributed by atoms with Crippen LogP contribution < -0.4 is 15.1 Å². The fraction of sp³-hybridized carbons (Fsp3) is 0.481. The van der Waals surface area contributed by atoms with Gasteiger partial charge in [-0.25, -0.2) is 4.98 Å². The largest absolute Gasteiger partial charge is 0.370 e. The highest BCUT2D eigenvalue weighted by Crippen LogP contribution is 2.30. The summed E-state index contributed by atoms with van der Waals surface area (Å²) in [6, 6.07) is 10.2. The lowest BCUT2D eigenvalue weighted by molar-refractivity contribution is -0.0327. The Bertz CT molecular complexity index is 1280. The van der Waals surface area contributed by atoms with E-state index in [1.165, 1.54) is 0 Å². The zero-order valence-electron chi connectivity index (χ0n) is 20.7. The van der Waals surface area contributed by atoms with Gasteiger partial charge in [0.15, 0.2) is 0 Å². The van der Waals surface area contributed by atoms with Crippen molar-refractivity contribution in [2.45, 2.75) is 32.1 Å². The highest BCUT2D eigenvalue weighted by molar-refractivity contribution is 5.95. The Labute approximate surface area is 211 Å². The molecule has 186 valence electrons. The molecule has 0 radical (unpaired) electrons. The number of anilines is 2. The van der Waals surface area contributed by atoms with Gasteiger partial charge in [0.05, 0.1) is 40.9 Å². The van der Waals surface area contributed by atoms with Crippen LogP contribution in [-0.2, 0) is 17.7 Å². The van der Waals surface area contributed by atoms with Crippen LogP contribution in [0.25, 0.3) is 10.9 Å². The molecule has 0 aliphatic carbocycles. The quantitative estimate of drug-likeness (QED) is 0.596. The molecule has 2 atom stereocenters. The number of ether oxygens (including phenoxy) is 1. The van der Waals surface area contributed by atoms with Crippen molar-refractivity contribution in [2.75, 3.05) is 62.2 Å². The normalized spacial score (nSPS) is 22.9. The first kappa shape index (κ1) is 23.1. The Morgan fingerprint density at radius 2 is 1.97 bits per heavy atom. The molecule has 1 N–H and O–H groups in total. The van der Waals surface area contributed by atoms with Gasteiger partial charge in [-0.1, -0.05) is 0 Å². The van der Waals surface area contributed by atoms with Gasteiger partial charge in [-0.05, 0) is 31.2 Å². The zero-order valence-corrected chi connectivity index (χ0v) is 20.7. The van der Waals surface area contributed by atoms with E-state index in [0.29, 0.717) is 5.56 Å². The lowest BCUT2D eigenvalue weighted by Gasteiger charge is -2.42. The van der Waals surface area contributed by atoms with Gasteiger partial charge in [-0.3, -0.25) is 14.9 Å². The maximum atomic E-state index is 9.50. The fourth-order valence-electron chi connectivity index (χ4n) is 5.67. The summed E-state index contributed by atoms with van der Waals surface area (Å²) >= 11 is 0. The number of piperazine rings is 1. The summed E-state index contributed by atoms with van der Waals surface area (Å²) in [5.41, 5.74) is 4.74. The van der Waals surface area contributed by atoms with Gasteiger partial charge in [-0.15, -0.1) is 0 Å². The predicted octanol–water partition coefficient (Wildman–Crippen LogP) is 1.96. The maximum absolute atomic E-state index is 9.50. The number of hydrogen-bond donors (Lipinski definition) is 1. The molecule has 36 heavy (non-hydrogen) atoms. The molecular formula is C27H32N8O. The number of benzene rings is 1. The van der Waals surface area contributed by atoms with Crippen molar-refractivity contribution in [3.05, 3.63) is 53.6 Å². The summed E-state index contributed by atoms with van der Waals surface area (Å²) in [6.07, 6.45) is 4.91. The van der Waals surface area contributed by atoms with Crippen LogP contribution in [0, 0.1) is 11.3 Å². The second-order valence-electron chi connectivity index (χ2n) is 9.95. The molecule has 2 saturated heterocycles. The number of aromatic nitrogens is 3. The summed E-state index contributed by atoms with van der Waals surface area (Å²) in [4.78, 5) is 21.3. The van der Waals surface area contributed by atoms with E-state index in [1.54, 1.807) is 6.20 Å². The molecule has 1 aromatic carbocycles. The molecule has 3 aromatic rings. The van der Waals surface area contributed by atoms with Crippen LogP contribution in [0.3, 0.4) is 0 Å². The van der Waals surface area contributed by atoms with Gasteiger partial charge in [-0.2, -0.15) is 5.26 Å². The molecule has 2 aromatic heterocycles. The first-order chi connectivity index (χ1) is 17.7. The number of nitriles is 1. The lowest BCUT2D eigenvalue weighted by atomic mass is 10.1. The molecule has 5 heterocycles. The predicted molar refractivity (Wildman–Crippen MR) is 139 cm³/mol. The fourth-order valence-corrected chi connectivity index (χ4v) is 5.67. The van der Waals surface area contributed by atoms with E-state index in [0.717, 1.165) is 99.1 Å². The lowest BCUT2D eigenvalue weighted by Crippen LogP contribution is -2.54. The van der Waals surface area contributed by atoms with Crippen LogP contribution >= 0.6 is 0 Å². The molecule has 6 rings (SSSR count). The molecule has 0 bridgehead atoms. The Kier molecular flexibility index (Phi) is 6.40. The first-order valence-corrected chi connectivity index (χ1v) is 12.9. The van der Waals surface area contributed by atoms with E-state index >= 15 is 0 Å². The average molecular weight is 485 g/mol. The number of rotatable bonds is 4.